The first-order valence-corrected chi connectivity index (χ1v) is 13.9. The van der Waals surface area contributed by atoms with Crippen molar-refractivity contribution >= 4 is 17.1 Å². The summed E-state index contributed by atoms with van der Waals surface area (Å²) in [5.41, 5.74) is 1.36. The number of imidazole rings is 1. The molecule has 6 rings (SSSR count). The van der Waals surface area contributed by atoms with E-state index in [0.29, 0.717) is 18.6 Å². The molecular formula is C31H28F6N4O2. The summed E-state index contributed by atoms with van der Waals surface area (Å²) < 4.78 is 87.5. The van der Waals surface area contributed by atoms with Gasteiger partial charge in [0.15, 0.2) is 0 Å². The number of aromatic amines is 1. The lowest BCUT2D eigenvalue weighted by atomic mass is 9.92. The van der Waals surface area contributed by atoms with E-state index >= 15 is 0 Å². The highest BCUT2D eigenvalue weighted by atomic mass is 19.4. The fourth-order valence-corrected chi connectivity index (χ4v) is 5.91. The first-order valence-electron chi connectivity index (χ1n) is 13.9. The molecule has 1 fully saturated rings. The number of benzene rings is 3. The average molecular weight is 603 g/mol. The molecule has 1 atom stereocenters. The Labute approximate surface area is 243 Å². The lowest BCUT2D eigenvalue weighted by molar-refractivity contribution is -0.143. The van der Waals surface area contributed by atoms with Gasteiger partial charge in [0.25, 0.3) is 0 Å². The Morgan fingerprint density at radius 1 is 0.907 bits per heavy atom. The second-order valence-corrected chi connectivity index (χ2v) is 11.0. The molecule has 1 aromatic heterocycles. The predicted molar refractivity (Wildman–Crippen MR) is 147 cm³/mol. The van der Waals surface area contributed by atoms with Crippen LogP contribution >= 0.6 is 0 Å². The largest absolute Gasteiger partial charge is 0.491 e. The molecule has 2 amide bonds. The van der Waals surface area contributed by atoms with Gasteiger partial charge in [-0.15, -0.1) is 0 Å². The zero-order valence-corrected chi connectivity index (χ0v) is 23.1. The van der Waals surface area contributed by atoms with Crippen molar-refractivity contribution in [2.45, 2.75) is 51.1 Å². The van der Waals surface area contributed by atoms with Crippen LogP contribution in [0.4, 0.5) is 31.1 Å². The third-order valence-corrected chi connectivity index (χ3v) is 7.99. The van der Waals surface area contributed by atoms with Gasteiger partial charge in [0.2, 0.25) is 0 Å². The minimum atomic E-state index is -4.97. The van der Waals surface area contributed by atoms with Gasteiger partial charge >= 0.3 is 18.4 Å². The molecule has 0 bridgehead atoms. The number of alkyl halides is 6. The Bertz CT molecular complexity index is 1650. The number of rotatable bonds is 2. The second kappa shape index (κ2) is 10.8. The zero-order chi connectivity index (χ0) is 30.5. The number of H-pyrrole nitrogens is 1. The molecule has 3 aromatic carbocycles. The van der Waals surface area contributed by atoms with Crippen LogP contribution in [0.5, 0.6) is 5.75 Å². The number of nitrogens with one attached hydrogen (secondary N) is 1. The van der Waals surface area contributed by atoms with E-state index in [9.17, 15) is 31.1 Å². The molecule has 4 aromatic rings. The molecule has 6 nitrogen and oxygen atoms in total. The van der Waals surface area contributed by atoms with E-state index in [4.69, 9.17) is 4.74 Å². The van der Waals surface area contributed by atoms with Crippen LogP contribution in [-0.4, -0.2) is 45.5 Å². The number of carbonyl (C=O) groups excluding carboxylic acids is 1. The van der Waals surface area contributed by atoms with Crippen LogP contribution in [0.25, 0.3) is 22.2 Å². The van der Waals surface area contributed by atoms with E-state index in [1.54, 1.807) is 4.90 Å². The van der Waals surface area contributed by atoms with Crippen LogP contribution in [0.15, 0.2) is 54.6 Å². The fraction of sp³-hybridized carbons (Fsp3) is 0.355. The Morgan fingerprint density at radius 3 is 2.33 bits per heavy atom. The molecule has 1 unspecified atom stereocenters. The number of hydrogen-bond donors (Lipinski definition) is 1. The van der Waals surface area contributed by atoms with Crippen molar-refractivity contribution in [1.82, 2.24) is 19.8 Å². The summed E-state index contributed by atoms with van der Waals surface area (Å²) in [5.74, 6) is 1.41. The van der Waals surface area contributed by atoms with E-state index in [1.807, 2.05) is 43.3 Å². The van der Waals surface area contributed by atoms with Crippen LogP contribution in [-0.2, 0) is 18.9 Å². The Kier molecular flexibility index (Phi) is 7.26. The summed E-state index contributed by atoms with van der Waals surface area (Å²) in [7, 11) is 0. The number of halogens is 6. The van der Waals surface area contributed by atoms with Gasteiger partial charge in [-0.05, 0) is 85.3 Å². The van der Waals surface area contributed by atoms with Crippen molar-refractivity contribution in [3.05, 3.63) is 82.7 Å². The molecule has 0 saturated carbocycles. The molecule has 43 heavy (non-hydrogen) atoms. The smallest absolute Gasteiger partial charge is 0.416 e. The molecule has 226 valence electrons. The minimum absolute atomic E-state index is 0.115. The van der Waals surface area contributed by atoms with Crippen molar-refractivity contribution in [2.75, 3.05) is 19.7 Å². The van der Waals surface area contributed by atoms with Gasteiger partial charge in [0.1, 0.15) is 18.2 Å². The highest BCUT2D eigenvalue weighted by Gasteiger charge is 2.39. The number of fused-ring (bicyclic) bond motifs is 2. The molecule has 2 aliphatic rings. The summed E-state index contributed by atoms with van der Waals surface area (Å²) in [4.78, 5) is 24.5. The molecule has 0 spiro atoms. The number of piperidine rings is 1. The monoisotopic (exact) mass is 602 g/mol. The van der Waals surface area contributed by atoms with E-state index in [-0.39, 0.29) is 44.3 Å². The van der Waals surface area contributed by atoms with Crippen molar-refractivity contribution < 1.29 is 35.9 Å². The van der Waals surface area contributed by atoms with Crippen LogP contribution in [0.3, 0.4) is 0 Å². The molecule has 0 radical (unpaired) electrons. The summed E-state index contributed by atoms with van der Waals surface area (Å²) >= 11 is 0. The number of aryl methyl sites for hydroxylation is 1. The van der Waals surface area contributed by atoms with Crippen LogP contribution in [0.2, 0.25) is 0 Å². The predicted octanol–water partition coefficient (Wildman–Crippen LogP) is 8.12. The summed E-state index contributed by atoms with van der Waals surface area (Å²) in [6.07, 6.45) is -8.52. The Morgan fingerprint density at radius 2 is 1.60 bits per heavy atom. The first kappa shape index (κ1) is 28.9. The highest BCUT2D eigenvalue weighted by Crippen LogP contribution is 2.41. The molecule has 3 heterocycles. The molecule has 0 aliphatic carbocycles. The van der Waals surface area contributed by atoms with Crippen LogP contribution in [0.1, 0.15) is 53.4 Å². The van der Waals surface area contributed by atoms with Crippen molar-refractivity contribution in [1.29, 1.82) is 0 Å². The fourth-order valence-electron chi connectivity index (χ4n) is 5.91. The van der Waals surface area contributed by atoms with E-state index in [0.717, 1.165) is 45.7 Å². The van der Waals surface area contributed by atoms with Gasteiger partial charge in [-0.3, -0.25) is 0 Å². The number of nitrogens with zero attached hydrogens (tertiary/aromatic N) is 3. The van der Waals surface area contributed by atoms with Gasteiger partial charge in [-0.25, -0.2) is 9.78 Å². The topological polar surface area (TPSA) is 61.5 Å². The number of aromatic nitrogens is 2. The zero-order valence-electron chi connectivity index (χ0n) is 23.1. The number of ether oxygens (including phenoxy) is 1. The lowest BCUT2D eigenvalue weighted by Gasteiger charge is -2.39. The number of likely N-dealkylation sites (tertiary alicyclic amines) is 1. The second-order valence-electron chi connectivity index (χ2n) is 11.0. The van der Waals surface area contributed by atoms with E-state index in [1.165, 1.54) is 4.90 Å². The lowest BCUT2D eigenvalue weighted by Crippen LogP contribution is -2.47. The number of urea groups is 1. The van der Waals surface area contributed by atoms with Gasteiger partial charge in [0.05, 0.1) is 41.3 Å². The Hall–Kier alpha value is -4.22. The van der Waals surface area contributed by atoms with E-state index in [2.05, 4.69) is 9.97 Å². The number of amides is 2. The quantitative estimate of drug-likeness (QED) is 0.236. The maximum atomic E-state index is 13.9. The van der Waals surface area contributed by atoms with Crippen LogP contribution in [0, 0.1) is 6.92 Å². The van der Waals surface area contributed by atoms with Gasteiger partial charge in [-0.2, -0.15) is 26.3 Å². The number of carbonyl (C=O) groups is 1. The molecule has 2 aliphatic heterocycles. The molecular weight excluding hydrogens is 574 g/mol. The summed E-state index contributed by atoms with van der Waals surface area (Å²) in [5, 5.41) is 0. The third-order valence-electron chi connectivity index (χ3n) is 7.99. The van der Waals surface area contributed by atoms with Gasteiger partial charge in [-0.1, -0.05) is 12.1 Å². The normalized spacial score (nSPS) is 17.9. The van der Waals surface area contributed by atoms with Gasteiger partial charge in [0, 0.05) is 12.1 Å². The van der Waals surface area contributed by atoms with Crippen molar-refractivity contribution in [2.24, 2.45) is 0 Å². The first-order chi connectivity index (χ1) is 20.4. The summed E-state index contributed by atoms with van der Waals surface area (Å²) in [6, 6.07) is 11.8. The molecule has 1 N–H and O–H groups in total. The SMILES string of the molecule is Cc1nc2ccc(-c3ccc4c(c3)CN(C(=O)N3CCCCC3c3cc(C(F)(F)F)cc(C(F)(F)F)c3)CCO4)cc2[nH]1. The third kappa shape index (κ3) is 5.87. The van der Waals surface area contributed by atoms with E-state index < -0.39 is 35.6 Å². The Balaban J connectivity index is 1.30. The molecule has 12 heteroatoms. The maximum Gasteiger partial charge on any atom is 0.416 e. The standard InChI is InChI=1S/C31H28F6N4O2/c1-18-38-25-7-5-20(15-26(25)39-18)19-6-8-28-22(12-19)17-40(10-11-43-28)29(42)41-9-3-2-4-27(41)21-13-23(30(32,33)34)16-24(14-21)31(35,36)37/h5-8,12-16,27H,2-4,9-11,17H2,1H3,(H,38,39). The maximum absolute atomic E-state index is 13.9. The average Bonchev–Trinajstić information content (AvgIpc) is 3.21. The van der Waals surface area contributed by atoms with Crippen LogP contribution < -0.4 is 4.74 Å². The molecule has 1 saturated heterocycles. The number of hydrogen-bond acceptors (Lipinski definition) is 3. The van der Waals surface area contributed by atoms with Crippen molar-refractivity contribution in [3.8, 4) is 16.9 Å². The highest BCUT2D eigenvalue weighted by molar-refractivity contribution is 5.82. The minimum Gasteiger partial charge on any atom is -0.491 e. The van der Waals surface area contributed by atoms with Gasteiger partial charge < -0.3 is 19.5 Å². The summed E-state index contributed by atoms with van der Waals surface area (Å²) in [6.45, 7) is 2.67. The van der Waals surface area contributed by atoms with Crippen molar-refractivity contribution in [3.63, 3.8) is 0 Å².